The second kappa shape index (κ2) is 5.56. The van der Waals surface area contributed by atoms with Gasteiger partial charge in [-0.05, 0) is 18.2 Å². The van der Waals surface area contributed by atoms with Crippen LogP contribution in [0.5, 0.6) is 0 Å². The highest BCUT2D eigenvalue weighted by Crippen LogP contribution is 2.34. The van der Waals surface area contributed by atoms with Crippen LogP contribution in [0, 0.1) is 0 Å². The molecule has 1 aromatic rings. The monoisotopic (exact) mass is 321 g/mol. The van der Waals surface area contributed by atoms with Gasteiger partial charge in [-0.15, -0.1) is 0 Å². The summed E-state index contributed by atoms with van der Waals surface area (Å²) in [5, 5.41) is 0. The van der Waals surface area contributed by atoms with E-state index in [4.69, 9.17) is 0 Å². The topological polar surface area (TPSA) is 20.3 Å². The molecule has 0 atom stereocenters. The molecule has 0 fully saturated rings. The fraction of sp³-hybridized carbons (Fsp3) is 0.250. The standard InChI is InChI=1S/C12H11BrF3NO/c1-17(2)6-5-11(18)9-4-3-8(13)7-10(9)12(14,15)16/h3-7H,1-2H3. The third-order valence-electron chi connectivity index (χ3n) is 2.08. The van der Waals surface area contributed by atoms with Crippen molar-refractivity contribution >= 4 is 21.7 Å². The van der Waals surface area contributed by atoms with Gasteiger partial charge in [0.1, 0.15) is 0 Å². The zero-order valence-electron chi connectivity index (χ0n) is 9.75. The molecule has 1 aromatic carbocycles. The van der Waals surface area contributed by atoms with Crippen LogP contribution in [0.3, 0.4) is 0 Å². The van der Waals surface area contributed by atoms with Crippen LogP contribution in [0.15, 0.2) is 34.9 Å². The Hall–Kier alpha value is -1.30. The Morgan fingerprint density at radius 3 is 2.44 bits per heavy atom. The van der Waals surface area contributed by atoms with Gasteiger partial charge in [0.05, 0.1) is 5.56 Å². The quantitative estimate of drug-likeness (QED) is 0.624. The SMILES string of the molecule is CN(C)C=CC(=O)c1ccc(Br)cc1C(F)(F)F. The summed E-state index contributed by atoms with van der Waals surface area (Å²) < 4.78 is 38.6. The van der Waals surface area contributed by atoms with Crippen LogP contribution < -0.4 is 0 Å². The summed E-state index contributed by atoms with van der Waals surface area (Å²) in [7, 11) is 3.35. The minimum Gasteiger partial charge on any atom is -0.383 e. The van der Waals surface area contributed by atoms with E-state index in [9.17, 15) is 18.0 Å². The van der Waals surface area contributed by atoms with Crippen LogP contribution in [0.2, 0.25) is 0 Å². The molecule has 0 spiro atoms. The Morgan fingerprint density at radius 1 is 1.33 bits per heavy atom. The molecular formula is C12H11BrF3NO. The van der Waals surface area contributed by atoms with Crippen molar-refractivity contribution in [2.24, 2.45) is 0 Å². The first-order valence-corrected chi connectivity index (χ1v) is 5.77. The predicted octanol–water partition coefficient (Wildman–Crippen LogP) is 3.73. The number of alkyl halides is 3. The number of benzene rings is 1. The molecule has 0 saturated heterocycles. The van der Waals surface area contributed by atoms with Gasteiger partial charge >= 0.3 is 6.18 Å². The molecule has 0 amide bonds. The number of hydrogen-bond donors (Lipinski definition) is 0. The molecule has 0 aliphatic carbocycles. The van der Waals surface area contributed by atoms with Gasteiger partial charge in [-0.3, -0.25) is 4.79 Å². The molecule has 6 heteroatoms. The summed E-state index contributed by atoms with van der Waals surface area (Å²) in [6.45, 7) is 0. The molecule has 0 unspecified atom stereocenters. The van der Waals surface area contributed by atoms with Gasteiger partial charge in [-0.25, -0.2) is 0 Å². The minimum atomic E-state index is -4.55. The largest absolute Gasteiger partial charge is 0.417 e. The van der Waals surface area contributed by atoms with Gasteiger partial charge < -0.3 is 4.90 Å². The van der Waals surface area contributed by atoms with Crippen LogP contribution in [0.1, 0.15) is 15.9 Å². The van der Waals surface area contributed by atoms with E-state index in [2.05, 4.69) is 15.9 Å². The summed E-state index contributed by atoms with van der Waals surface area (Å²) >= 11 is 2.96. The van der Waals surface area contributed by atoms with Gasteiger partial charge in [-0.2, -0.15) is 13.2 Å². The van der Waals surface area contributed by atoms with Gasteiger partial charge in [0, 0.05) is 36.4 Å². The number of nitrogens with zero attached hydrogens (tertiary/aromatic N) is 1. The van der Waals surface area contributed by atoms with Crippen molar-refractivity contribution in [2.45, 2.75) is 6.18 Å². The normalized spacial score (nSPS) is 11.9. The molecule has 0 aliphatic heterocycles. The van der Waals surface area contributed by atoms with Crippen LogP contribution in [0.4, 0.5) is 13.2 Å². The second-order valence-corrected chi connectivity index (χ2v) is 4.75. The number of allylic oxidation sites excluding steroid dienone is 1. The highest BCUT2D eigenvalue weighted by atomic mass is 79.9. The van der Waals surface area contributed by atoms with E-state index in [1.807, 2.05) is 0 Å². The van der Waals surface area contributed by atoms with E-state index >= 15 is 0 Å². The van der Waals surface area contributed by atoms with E-state index in [0.29, 0.717) is 0 Å². The lowest BCUT2D eigenvalue weighted by atomic mass is 10.0. The Balaban J connectivity index is 3.20. The highest BCUT2D eigenvalue weighted by Gasteiger charge is 2.34. The first kappa shape index (κ1) is 14.8. The smallest absolute Gasteiger partial charge is 0.383 e. The maximum atomic E-state index is 12.8. The predicted molar refractivity (Wildman–Crippen MR) is 66.3 cm³/mol. The number of halogens is 4. The minimum absolute atomic E-state index is 0.281. The first-order chi connectivity index (χ1) is 8.21. The number of ketones is 1. The Morgan fingerprint density at radius 2 is 1.94 bits per heavy atom. The van der Waals surface area contributed by atoms with Crippen LogP contribution in [-0.4, -0.2) is 24.8 Å². The summed E-state index contributed by atoms with van der Waals surface area (Å²) in [4.78, 5) is 13.3. The zero-order chi connectivity index (χ0) is 13.9. The molecular weight excluding hydrogens is 311 g/mol. The molecule has 0 N–H and O–H groups in total. The highest BCUT2D eigenvalue weighted by molar-refractivity contribution is 9.10. The van der Waals surface area contributed by atoms with Crippen molar-refractivity contribution in [1.29, 1.82) is 0 Å². The van der Waals surface area contributed by atoms with Crippen LogP contribution in [-0.2, 0) is 6.18 Å². The lowest BCUT2D eigenvalue weighted by Crippen LogP contribution is -2.12. The van der Waals surface area contributed by atoms with Gasteiger partial charge in [0.15, 0.2) is 5.78 Å². The fourth-order valence-electron chi connectivity index (χ4n) is 1.27. The van der Waals surface area contributed by atoms with E-state index in [1.165, 1.54) is 12.3 Å². The van der Waals surface area contributed by atoms with Crippen molar-refractivity contribution in [3.05, 3.63) is 46.1 Å². The second-order valence-electron chi connectivity index (χ2n) is 3.83. The Bertz CT molecular complexity index is 481. The molecule has 0 aromatic heterocycles. The molecule has 1 rings (SSSR count). The number of carbonyl (C=O) groups is 1. The van der Waals surface area contributed by atoms with E-state index in [0.717, 1.165) is 18.2 Å². The summed E-state index contributed by atoms with van der Waals surface area (Å²) in [6.07, 6.45) is -2.04. The molecule has 2 nitrogen and oxygen atoms in total. The van der Waals surface area contributed by atoms with Crippen molar-refractivity contribution in [3.63, 3.8) is 0 Å². The summed E-state index contributed by atoms with van der Waals surface area (Å²) in [5.74, 6) is -0.677. The molecule has 0 radical (unpaired) electrons. The lowest BCUT2D eigenvalue weighted by molar-refractivity contribution is -0.137. The zero-order valence-corrected chi connectivity index (χ0v) is 11.3. The fourth-order valence-corrected chi connectivity index (χ4v) is 1.63. The average Bonchev–Trinajstić information content (AvgIpc) is 2.24. The van der Waals surface area contributed by atoms with Crippen molar-refractivity contribution in [1.82, 2.24) is 4.90 Å². The van der Waals surface area contributed by atoms with E-state index < -0.39 is 17.5 Å². The maximum Gasteiger partial charge on any atom is 0.417 e. The Labute approximate surface area is 111 Å². The average molecular weight is 322 g/mol. The van der Waals surface area contributed by atoms with Crippen LogP contribution in [0.25, 0.3) is 0 Å². The summed E-state index contributed by atoms with van der Waals surface area (Å²) in [6, 6.07) is 3.47. The molecule has 0 bridgehead atoms. The van der Waals surface area contributed by atoms with E-state index in [1.54, 1.807) is 19.0 Å². The summed E-state index contributed by atoms with van der Waals surface area (Å²) in [5.41, 5.74) is -1.30. The number of hydrogen-bond acceptors (Lipinski definition) is 2. The van der Waals surface area contributed by atoms with Crippen molar-refractivity contribution in [3.8, 4) is 0 Å². The van der Waals surface area contributed by atoms with Gasteiger partial charge in [-0.1, -0.05) is 15.9 Å². The third kappa shape index (κ3) is 3.87. The van der Waals surface area contributed by atoms with Gasteiger partial charge in [0.2, 0.25) is 0 Å². The lowest BCUT2D eigenvalue weighted by Gasteiger charge is -2.11. The Kier molecular flexibility index (Phi) is 4.56. The van der Waals surface area contributed by atoms with Crippen molar-refractivity contribution < 1.29 is 18.0 Å². The van der Waals surface area contributed by atoms with Gasteiger partial charge in [0.25, 0.3) is 0 Å². The van der Waals surface area contributed by atoms with E-state index in [-0.39, 0.29) is 10.0 Å². The number of carbonyl (C=O) groups excluding carboxylic acids is 1. The molecule has 0 aliphatic rings. The van der Waals surface area contributed by atoms with Crippen molar-refractivity contribution in [2.75, 3.05) is 14.1 Å². The molecule has 0 saturated carbocycles. The first-order valence-electron chi connectivity index (χ1n) is 4.97. The molecule has 0 heterocycles. The molecule has 18 heavy (non-hydrogen) atoms. The number of rotatable bonds is 3. The van der Waals surface area contributed by atoms with Crippen LogP contribution >= 0.6 is 15.9 Å². The third-order valence-corrected chi connectivity index (χ3v) is 2.57. The molecule has 98 valence electrons. The maximum absolute atomic E-state index is 12.8.